The molecule has 28 heavy (non-hydrogen) atoms. The van der Waals surface area contributed by atoms with Gasteiger partial charge in [0.15, 0.2) is 0 Å². The third-order valence-electron chi connectivity index (χ3n) is 4.33. The average Bonchev–Trinajstić information content (AvgIpc) is 2.74. The molecule has 0 aliphatic carbocycles. The maximum Gasteiger partial charge on any atom is 0.255 e. The molecular weight excluding hydrogens is 350 g/mol. The molecule has 5 heteroatoms. The highest BCUT2D eigenvalue weighted by Crippen LogP contribution is 2.18. The van der Waals surface area contributed by atoms with Crippen molar-refractivity contribution in [2.45, 2.75) is 13.3 Å². The molecule has 0 radical (unpaired) electrons. The minimum absolute atomic E-state index is 0.284. The summed E-state index contributed by atoms with van der Waals surface area (Å²) in [5, 5.41) is 14.8. The molecule has 0 atom stereocenters. The summed E-state index contributed by atoms with van der Waals surface area (Å²) >= 11 is 0. The summed E-state index contributed by atoms with van der Waals surface area (Å²) < 4.78 is 0. The van der Waals surface area contributed by atoms with Crippen molar-refractivity contribution in [3.05, 3.63) is 95.1 Å². The maximum atomic E-state index is 12.6. The quantitative estimate of drug-likeness (QED) is 0.688. The molecular formula is C23H19N3O2. The second kappa shape index (κ2) is 8.65. The summed E-state index contributed by atoms with van der Waals surface area (Å²) in [7, 11) is 0. The third-order valence-corrected chi connectivity index (χ3v) is 4.33. The van der Waals surface area contributed by atoms with Crippen molar-refractivity contribution in [2.75, 3.05) is 10.6 Å². The van der Waals surface area contributed by atoms with Crippen molar-refractivity contribution in [2.24, 2.45) is 0 Å². The first-order valence-corrected chi connectivity index (χ1v) is 8.92. The van der Waals surface area contributed by atoms with E-state index in [1.165, 1.54) is 6.07 Å². The lowest BCUT2D eigenvalue weighted by Gasteiger charge is -2.11. The molecule has 3 aromatic rings. The van der Waals surface area contributed by atoms with Gasteiger partial charge in [-0.25, -0.2) is 0 Å². The number of aryl methyl sites for hydroxylation is 1. The number of nitriles is 1. The number of rotatable bonds is 5. The summed E-state index contributed by atoms with van der Waals surface area (Å²) in [4.78, 5) is 25.2. The summed E-state index contributed by atoms with van der Waals surface area (Å²) in [6.07, 6.45) is 0.803. The van der Waals surface area contributed by atoms with E-state index in [0.29, 0.717) is 22.4 Å². The molecule has 5 nitrogen and oxygen atoms in total. The molecule has 3 aromatic carbocycles. The van der Waals surface area contributed by atoms with Crippen LogP contribution in [0.4, 0.5) is 11.4 Å². The summed E-state index contributed by atoms with van der Waals surface area (Å²) in [6.45, 7) is 2.02. The molecule has 0 fully saturated rings. The fourth-order valence-electron chi connectivity index (χ4n) is 2.83. The smallest absolute Gasteiger partial charge is 0.255 e. The topological polar surface area (TPSA) is 82.0 Å². The lowest BCUT2D eigenvalue weighted by Crippen LogP contribution is -2.16. The van der Waals surface area contributed by atoms with Gasteiger partial charge in [0.2, 0.25) is 0 Å². The Bertz CT molecular complexity index is 1070. The van der Waals surface area contributed by atoms with Crippen molar-refractivity contribution in [1.82, 2.24) is 0 Å². The van der Waals surface area contributed by atoms with E-state index in [1.54, 1.807) is 42.5 Å². The Morgan fingerprint density at radius 3 is 2.04 bits per heavy atom. The largest absolute Gasteiger partial charge is 0.322 e. The van der Waals surface area contributed by atoms with E-state index in [2.05, 4.69) is 10.6 Å². The molecule has 2 N–H and O–H groups in total. The van der Waals surface area contributed by atoms with Crippen molar-refractivity contribution in [3.8, 4) is 6.07 Å². The molecule has 0 saturated heterocycles. The lowest BCUT2D eigenvalue weighted by atomic mass is 10.1. The number of hydrogen-bond acceptors (Lipinski definition) is 3. The van der Waals surface area contributed by atoms with E-state index in [9.17, 15) is 9.59 Å². The van der Waals surface area contributed by atoms with Gasteiger partial charge in [0.1, 0.15) is 6.07 Å². The number of carbonyl (C=O) groups excluding carboxylic acids is 2. The van der Waals surface area contributed by atoms with E-state index in [4.69, 9.17) is 5.26 Å². The molecule has 0 aliphatic heterocycles. The van der Waals surface area contributed by atoms with Crippen LogP contribution in [0.25, 0.3) is 0 Å². The Morgan fingerprint density at radius 2 is 1.39 bits per heavy atom. The fraction of sp³-hybridized carbons (Fsp3) is 0.0870. The summed E-state index contributed by atoms with van der Waals surface area (Å²) in [6, 6.07) is 22.9. The maximum absolute atomic E-state index is 12.6. The fourth-order valence-corrected chi connectivity index (χ4v) is 2.83. The highest BCUT2D eigenvalue weighted by Gasteiger charge is 2.13. The van der Waals surface area contributed by atoms with E-state index in [1.807, 2.05) is 37.3 Å². The molecule has 138 valence electrons. The van der Waals surface area contributed by atoms with Crippen LogP contribution in [0.2, 0.25) is 0 Å². The standard InChI is InChI=1S/C23H19N3O2/c1-2-16-8-3-5-12-20(16)25-22(27)17-10-7-11-18(14-17)23(28)26-21-13-6-4-9-19(21)15-24/h3-14H,2H2,1H3,(H,25,27)(H,26,28). The Morgan fingerprint density at radius 1 is 0.821 bits per heavy atom. The molecule has 0 bridgehead atoms. The highest BCUT2D eigenvalue weighted by molar-refractivity contribution is 6.09. The molecule has 0 heterocycles. The van der Waals surface area contributed by atoms with Gasteiger partial charge in [-0.1, -0.05) is 43.3 Å². The normalized spacial score (nSPS) is 10.0. The van der Waals surface area contributed by atoms with Crippen LogP contribution in [0, 0.1) is 11.3 Å². The second-order valence-corrected chi connectivity index (χ2v) is 6.16. The Hall–Kier alpha value is -3.91. The van der Waals surface area contributed by atoms with E-state index in [-0.39, 0.29) is 11.8 Å². The predicted octanol–water partition coefficient (Wildman–Crippen LogP) is 4.63. The zero-order valence-electron chi connectivity index (χ0n) is 15.4. The van der Waals surface area contributed by atoms with E-state index in [0.717, 1.165) is 17.7 Å². The van der Waals surface area contributed by atoms with E-state index >= 15 is 0 Å². The van der Waals surface area contributed by atoms with Gasteiger partial charge in [-0.3, -0.25) is 9.59 Å². The van der Waals surface area contributed by atoms with Crippen LogP contribution in [-0.2, 0) is 6.42 Å². The van der Waals surface area contributed by atoms with Crippen molar-refractivity contribution in [3.63, 3.8) is 0 Å². The summed E-state index contributed by atoms with van der Waals surface area (Å²) in [5.41, 5.74) is 3.32. The molecule has 0 aliphatic rings. The van der Waals surface area contributed by atoms with Crippen molar-refractivity contribution in [1.29, 1.82) is 5.26 Å². The number of benzene rings is 3. The number of anilines is 2. The Balaban J connectivity index is 1.79. The molecule has 3 rings (SSSR count). The van der Waals surface area contributed by atoms with Gasteiger partial charge in [-0.05, 0) is 48.4 Å². The number of para-hydroxylation sites is 2. The first-order valence-electron chi connectivity index (χ1n) is 8.92. The zero-order valence-corrected chi connectivity index (χ0v) is 15.4. The van der Waals surface area contributed by atoms with Crippen LogP contribution < -0.4 is 10.6 Å². The van der Waals surface area contributed by atoms with Gasteiger partial charge in [0, 0.05) is 16.8 Å². The van der Waals surface area contributed by atoms with Gasteiger partial charge < -0.3 is 10.6 Å². The molecule has 0 unspecified atom stereocenters. The highest BCUT2D eigenvalue weighted by atomic mass is 16.2. The van der Waals surface area contributed by atoms with Gasteiger partial charge >= 0.3 is 0 Å². The molecule has 0 saturated carbocycles. The summed E-state index contributed by atoms with van der Waals surface area (Å²) in [5.74, 6) is -0.667. The minimum Gasteiger partial charge on any atom is -0.322 e. The lowest BCUT2D eigenvalue weighted by molar-refractivity contribution is 0.102. The van der Waals surface area contributed by atoms with Crippen LogP contribution in [0.1, 0.15) is 38.8 Å². The molecule has 0 aromatic heterocycles. The Labute approximate surface area is 163 Å². The number of nitrogens with one attached hydrogen (secondary N) is 2. The van der Waals surface area contributed by atoms with E-state index < -0.39 is 0 Å². The first-order chi connectivity index (χ1) is 13.6. The monoisotopic (exact) mass is 369 g/mol. The Kier molecular flexibility index (Phi) is 5.83. The average molecular weight is 369 g/mol. The van der Waals surface area contributed by atoms with Gasteiger partial charge in [-0.15, -0.1) is 0 Å². The molecule has 2 amide bonds. The molecule has 0 spiro atoms. The first kappa shape index (κ1) is 18.9. The predicted molar refractivity (Wildman–Crippen MR) is 109 cm³/mol. The third kappa shape index (κ3) is 4.25. The van der Waals surface area contributed by atoms with Crippen molar-refractivity contribution >= 4 is 23.2 Å². The van der Waals surface area contributed by atoms with Crippen molar-refractivity contribution < 1.29 is 9.59 Å². The number of nitrogens with zero attached hydrogens (tertiary/aromatic N) is 1. The van der Waals surface area contributed by atoms with Gasteiger partial charge in [-0.2, -0.15) is 5.26 Å². The van der Waals surface area contributed by atoms with Crippen LogP contribution in [0.3, 0.4) is 0 Å². The van der Waals surface area contributed by atoms with Crippen LogP contribution >= 0.6 is 0 Å². The number of amides is 2. The van der Waals surface area contributed by atoms with Gasteiger partial charge in [0.25, 0.3) is 11.8 Å². The number of carbonyl (C=O) groups is 2. The number of hydrogen-bond donors (Lipinski definition) is 2. The SMILES string of the molecule is CCc1ccccc1NC(=O)c1cccc(C(=O)Nc2ccccc2C#N)c1. The van der Waals surface area contributed by atoms with Gasteiger partial charge in [0.05, 0.1) is 11.3 Å². The van der Waals surface area contributed by atoms with Crippen LogP contribution in [0.15, 0.2) is 72.8 Å². The minimum atomic E-state index is -0.383. The van der Waals surface area contributed by atoms with Crippen LogP contribution in [-0.4, -0.2) is 11.8 Å². The second-order valence-electron chi connectivity index (χ2n) is 6.16. The zero-order chi connectivity index (χ0) is 19.9. The van der Waals surface area contributed by atoms with Crippen LogP contribution in [0.5, 0.6) is 0 Å².